The van der Waals surface area contributed by atoms with Gasteiger partial charge in [0.2, 0.25) is 0 Å². The molecule has 0 spiro atoms. The Labute approximate surface area is 46.9 Å². The third kappa shape index (κ3) is 0.389. The smallest absolute Gasteiger partial charge is 0.207 e. The van der Waals surface area contributed by atoms with E-state index in [4.69, 9.17) is 0 Å². The Morgan fingerprint density at radius 1 is 1.25 bits per heavy atom. The van der Waals surface area contributed by atoms with Gasteiger partial charge in [0.1, 0.15) is 0 Å². The number of hydrogen-bond acceptors (Lipinski definition) is 0. The second-order valence-electron chi connectivity index (χ2n) is 3.00. The molecule has 0 heterocycles. The van der Waals surface area contributed by atoms with E-state index in [9.17, 15) is 8.78 Å². The molecule has 0 N–H and O–H groups in total. The maximum Gasteiger partial charge on any atom is 0.251 e. The zero-order valence-corrected chi connectivity index (χ0v) is 4.53. The van der Waals surface area contributed by atoms with Gasteiger partial charge in [-0.3, -0.25) is 0 Å². The van der Waals surface area contributed by atoms with Crippen LogP contribution >= 0.6 is 0 Å². The van der Waals surface area contributed by atoms with Gasteiger partial charge in [-0.05, 0) is 18.8 Å². The summed E-state index contributed by atoms with van der Waals surface area (Å²) in [6.45, 7) is 0. The predicted molar refractivity (Wildman–Crippen MR) is 25.8 cm³/mol. The average molecular weight is 118 g/mol. The standard InChI is InChI=1S/C6H8F2/c7-6(8)3-4-1-5(6)2-4/h4-5H,1-3H2. The monoisotopic (exact) mass is 118 g/mol. The SMILES string of the molecule is FC1(F)CC2CC1C2. The molecule has 0 aromatic heterocycles. The Kier molecular flexibility index (Phi) is 0.628. The summed E-state index contributed by atoms with van der Waals surface area (Å²) in [5.74, 6) is -2.12. The number of fused-ring (bicyclic) bond motifs is 1. The lowest BCUT2D eigenvalue weighted by molar-refractivity contribution is -0.0272. The Hall–Kier alpha value is -0.140. The minimum absolute atomic E-state index is 0.178. The molecule has 3 rings (SSSR count). The maximum absolute atomic E-state index is 12.4. The van der Waals surface area contributed by atoms with Gasteiger partial charge >= 0.3 is 0 Å². The van der Waals surface area contributed by atoms with Crippen LogP contribution in [0.1, 0.15) is 19.3 Å². The lowest BCUT2D eigenvalue weighted by Crippen LogP contribution is -2.21. The summed E-state index contributed by atoms with van der Waals surface area (Å²) in [5.41, 5.74) is 0. The molecule has 0 nitrogen and oxygen atoms in total. The van der Waals surface area contributed by atoms with Crippen molar-refractivity contribution in [3.63, 3.8) is 0 Å². The molecule has 2 heteroatoms. The minimum atomic E-state index is -2.27. The molecule has 2 bridgehead atoms. The third-order valence-electron chi connectivity index (χ3n) is 2.39. The van der Waals surface area contributed by atoms with Crippen molar-refractivity contribution in [2.24, 2.45) is 11.8 Å². The first kappa shape index (κ1) is 4.71. The molecule has 3 saturated carbocycles. The molecule has 3 aliphatic carbocycles. The zero-order chi connectivity index (χ0) is 5.78. The second kappa shape index (κ2) is 1.07. The van der Waals surface area contributed by atoms with Crippen LogP contribution in [0, 0.1) is 11.8 Å². The van der Waals surface area contributed by atoms with E-state index >= 15 is 0 Å². The van der Waals surface area contributed by atoms with Crippen LogP contribution in [0.5, 0.6) is 0 Å². The summed E-state index contributed by atoms with van der Waals surface area (Å²) >= 11 is 0. The first-order valence-corrected chi connectivity index (χ1v) is 3.06. The minimum Gasteiger partial charge on any atom is -0.207 e. The molecule has 3 aliphatic rings. The van der Waals surface area contributed by atoms with Crippen molar-refractivity contribution in [2.75, 3.05) is 0 Å². The van der Waals surface area contributed by atoms with Gasteiger partial charge in [0.15, 0.2) is 0 Å². The molecule has 0 aromatic rings. The molecule has 0 aliphatic heterocycles. The molecule has 46 valence electrons. The van der Waals surface area contributed by atoms with Gasteiger partial charge < -0.3 is 0 Å². The van der Waals surface area contributed by atoms with Crippen LogP contribution in [0.3, 0.4) is 0 Å². The molecular weight excluding hydrogens is 110 g/mol. The summed E-state index contributed by atoms with van der Waals surface area (Å²) in [6.07, 6.45) is 1.78. The Balaban J connectivity index is 2.20. The van der Waals surface area contributed by atoms with Crippen LogP contribution in [0.2, 0.25) is 0 Å². The fourth-order valence-corrected chi connectivity index (χ4v) is 1.80. The van der Waals surface area contributed by atoms with Crippen molar-refractivity contribution in [3.8, 4) is 0 Å². The van der Waals surface area contributed by atoms with E-state index in [-0.39, 0.29) is 12.3 Å². The zero-order valence-electron chi connectivity index (χ0n) is 4.53. The van der Waals surface area contributed by atoms with Crippen LogP contribution in [0.15, 0.2) is 0 Å². The van der Waals surface area contributed by atoms with E-state index in [2.05, 4.69) is 0 Å². The van der Waals surface area contributed by atoms with Gasteiger partial charge in [-0.1, -0.05) is 0 Å². The van der Waals surface area contributed by atoms with E-state index in [1.165, 1.54) is 0 Å². The molecule has 0 radical (unpaired) electrons. The fraction of sp³-hybridized carbons (Fsp3) is 1.00. The fourth-order valence-electron chi connectivity index (χ4n) is 1.80. The first-order valence-electron chi connectivity index (χ1n) is 3.06. The van der Waals surface area contributed by atoms with Crippen LogP contribution in [-0.2, 0) is 0 Å². The Morgan fingerprint density at radius 2 is 1.88 bits per heavy atom. The van der Waals surface area contributed by atoms with Gasteiger partial charge in [-0.25, -0.2) is 8.78 Å². The summed E-state index contributed by atoms with van der Waals surface area (Å²) in [6, 6.07) is 0. The van der Waals surface area contributed by atoms with Crippen molar-refractivity contribution in [2.45, 2.75) is 25.2 Å². The molecule has 0 unspecified atom stereocenters. The Bertz CT molecular complexity index is 114. The molecule has 8 heavy (non-hydrogen) atoms. The first-order chi connectivity index (χ1) is 3.68. The molecule has 0 saturated heterocycles. The number of halogens is 2. The Morgan fingerprint density at radius 3 is 2.00 bits per heavy atom. The normalized spacial score (nSPS) is 48.8. The highest BCUT2D eigenvalue weighted by atomic mass is 19.3. The molecular formula is C6H8F2. The molecule has 0 amide bonds. The predicted octanol–water partition coefficient (Wildman–Crippen LogP) is 2.05. The summed E-state index contributed by atoms with van der Waals surface area (Å²) in [4.78, 5) is 0. The number of hydrogen-bond donors (Lipinski definition) is 0. The second-order valence-corrected chi connectivity index (χ2v) is 3.00. The molecule has 0 aromatic carbocycles. The summed E-state index contributed by atoms with van der Waals surface area (Å²) in [5, 5.41) is 0. The van der Waals surface area contributed by atoms with Gasteiger partial charge in [0, 0.05) is 12.3 Å². The van der Waals surface area contributed by atoms with Gasteiger partial charge in [-0.15, -0.1) is 0 Å². The maximum atomic E-state index is 12.4. The van der Waals surface area contributed by atoms with E-state index in [1.54, 1.807) is 0 Å². The lowest BCUT2D eigenvalue weighted by atomic mass is 9.84. The number of alkyl halides is 2. The average Bonchev–Trinajstić information content (AvgIpc) is 1.82. The highest BCUT2D eigenvalue weighted by Crippen LogP contribution is 2.57. The van der Waals surface area contributed by atoms with Gasteiger partial charge in [0.05, 0.1) is 0 Å². The summed E-state index contributed by atoms with van der Waals surface area (Å²) < 4.78 is 24.8. The van der Waals surface area contributed by atoms with Crippen molar-refractivity contribution in [1.82, 2.24) is 0 Å². The van der Waals surface area contributed by atoms with Crippen molar-refractivity contribution in [3.05, 3.63) is 0 Å². The van der Waals surface area contributed by atoms with Crippen LogP contribution in [0.25, 0.3) is 0 Å². The van der Waals surface area contributed by atoms with Crippen molar-refractivity contribution in [1.29, 1.82) is 0 Å². The number of rotatable bonds is 0. The van der Waals surface area contributed by atoms with Crippen LogP contribution < -0.4 is 0 Å². The van der Waals surface area contributed by atoms with Crippen molar-refractivity contribution < 1.29 is 8.78 Å². The van der Waals surface area contributed by atoms with Crippen molar-refractivity contribution >= 4 is 0 Å². The highest BCUT2D eigenvalue weighted by molar-refractivity contribution is 4.99. The lowest BCUT2D eigenvalue weighted by Gasteiger charge is -2.22. The van der Waals surface area contributed by atoms with E-state index in [0.717, 1.165) is 12.8 Å². The van der Waals surface area contributed by atoms with E-state index < -0.39 is 5.92 Å². The topological polar surface area (TPSA) is 0 Å². The quantitative estimate of drug-likeness (QED) is 0.456. The van der Waals surface area contributed by atoms with Crippen LogP contribution in [0.4, 0.5) is 8.78 Å². The van der Waals surface area contributed by atoms with Gasteiger partial charge in [0.25, 0.3) is 5.92 Å². The van der Waals surface area contributed by atoms with Crippen LogP contribution in [-0.4, -0.2) is 5.92 Å². The third-order valence-corrected chi connectivity index (χ3v) is 2.39. The van der Waals surface area contributed by atoms with E-state index in [1.807, 2.05) is 0 Å². The highest BCUT2D eigenvalue weighted by Gasteiger charge is 2.56. The molecule has 3 fully saturated rings. The molecule has 0 atom stereocenters. The summed E-state index contributed by atoms with van der Waals surface area (Å²) in [7, 11) is 0. The largest absolute Gasteiger partial charge is 0.251 e. The van der Waals surface area contributed by atoms with Gasteiger partial charge in [-0.2, -0.15) is 0 Å². The van der Waals surface area contributed by atoms with E-state index in [0.29, 0.717) is 5.92 Å².